The van der Waals surface area contributed by atoms with Crippen LogP contribution in [-0.2, 0) is 0 Å². The third-order valence-corrected chi connectivity index (χ3v) is 24.6. The van der Waals surface area contributed by atoms with Gasteiger partial charge in [-0.3, -0.25) is 0 Å². The summed E-state index contributed by atoms with van der Waals surface area (Å²) in [5.74, 6) is 2.43. The average molecular weight is 1010 g/mol. The molecule has 0 saturated carbocycles. The van der Waals surface area contributed by atoms with Crippen molar-refractivity contribution in [2.75, 3.05) is 11.5 Å². The van der Waals surface area contributed by atoms with Crippen molar-refractivity contribution in [1.29, 1.82) is 0 Å². The van der Waals surface area contributed by atoms with E-state index in [0.717, 1.165) is 0 Å². The first-order chi connectivity index (χ1) is 30.7. The number of unbranched alkanes of at least 4 members (excludes halogenated alkanes) is 22. The molecule has 0 radical (unpaired) electrons. The molecular formula is C52H66S10. The molecule has 0 aliphatic heterocycles. The highest BCUT2D eigenvalue weighted by molar-refractivity contribution is 8.00. The van der Waals surface area contributed by atoms with Gasteiger partial charge in [-0.2, -0.15) is 0 Å². The highest BCUT2D eigenvalue weighted by atomic mass is 32.2. The molecule has 0 bridgehead atoms. The van der Waals surface area contributed by atoms with Gasteiger partial charge >= 0.3 is 0 Å². The number of fused-ring (bicyclic) bond motifs is 6. The lowest BCUT2D eigenvalue weighted by Crippen LogP contribution is -1.85. The Morgan fingerprint density at radius 1 is 0.339 bits per heavy atom. The smallest absolute Gasteiger partial charge is 0.0636 e. The molecule has 0 spiro atoms. The molecular weight excluding hydrogens is 945 g/mol. The van der Waals surface area contributed by atoms with Crippen LogP contribution in [0.25, 0.3) is 66.9 Å². The maximum atomic E-state index is 2.58. The zero-order chi connectivity index (χ0) is 42.4. The molecule has 0 aliphatic carbocycles. The van der Waals surface area contributed by atoms with E-state index in [1.165, 1.54) is 242 Å². The van der Waals surface area contributed by atoms with E-state index in [4.69, 9.17) is 0 Å². The Bertz CT molecular complexity index is 2330. The standard InChI is InChI=1S/C52H66S10/c1-3-5-7-9-11-13-15-17-19-21-23-25-29-53-43-33-39(41-35-45-51(61-41)47-37(57-45)27-31-55-47)59-49(43)50-44(54-30-26-24-22-20-18-16-14-12-10-8-6-4-2)34-40(60-50)42-36-46-52(62-42)48-38(58-46)28-32-56-48/h27-28,31-36H,3-26,29-30H2,1-2H3. The van der Waals surface area contributed by atoms with Gasteiger partial charge in [0.2, 0.25) is 0 Å². The lowest BCUT2D eigenvalue weighted by molar-refractivity contribution is 0.548. The summed E-state index contributed by atoms with van der Waals surface area (Å²) in [7, 11) is 0. The van der Waals surface area contributed by atoms with E-state index in [1.807, 2.05) is 68.0 Å². The van der Waals surface area contributed by atoms with Crippen LogP contribution in [0.5, 0.6) is 0 Å². The van der Waals surface area contributed by atoms with E-state index in [0.29, 0.717) is 0 Å². The maximum Gasteiger partial charge on any atom is 0.0636 e. The zero-order valence-corrected chi connectivity index (χ0v) is 45.3. The number of hydrogen-bond acceptors (Lipinski definition) is 10. The van der Waals surface area contributed by atoms with E-state index in [1.54, 1.807) is 0 Å². The monoisotopic (exact) mass is 1010 g/mol. The van der Waals surface area contributed by atoms with E-state index < -0.39 is 0 Å². The highest BCUT2D eigenvalue weighted by Crippen LogP contribution is 2.55. The molecule has 0 aliphatic rings. The third kappa shape index (κ3) is 12.9. The van der Waals surface area contributed by atoms with Crippen molar-refractivity contribution in [2.45, 2.75) is 178 Å². The molecule has 0 nitrogen and oxygen atoms in total. The van der Waals surface area contributed by atoms with Crippen LogP contribution >= 0.6 is 114 Å². The fourth-order valence-electron chi connectivity index (χ4n) is 8.56. The van der Waals surface area contributed by atoms with Gasteiger partial charge in [0.25, 0.3) is 0 Å². The van der Waals surface area contributed by atoms with Crippen LogP contribution in [0.2, 0.25) is 0 Å². The van der Waals surface area contributed by atoms with Gasteiger partial charge in [0.15, 0.2) is 0 Å². The fraction of sp³-hybridized carbons (Fsp3) is 0.538. The summed E-state index contributed by atoms with van der Waals surface area (Å²) in [6.07, 6.45) is 33.8. The maximum absolute atomic E-state index is 2.58. The Labute approximate surface area is 413 Å². The summed E-state index contributed by atoms with van der Waals surface area (Å²) < 4.78 is 11.8. The lowest BCUT2D eigenvalue weighted by atomic mass is 10.1. The second-order valence-electron chi connectivity index (χ2n) is 17.1. The Kier molecular flexibility index (Phi) is 19.6. The summed E-state index contributed by atoms with van der Waals surface area (Å²) in [6.45, 7) is 4.63. The molecule has 8 rings (SSSR count). The second kappa shape index (κ2) is 25.5. The Morgan fingerprint density at radius 2 is 0.677 bits per heavy atom. The average Bonchev–Trinajstić information content (AvgIpc) is 4.13. The van der Waals surface area contributed by atoms with E-state index in [9.17, 15) is 0 Å². The molecule has 8 heterocycles. The molecule has 334 valence electrons. The molecule has 0 amide bonds. The fourth-order valence-corrected chi connectivity index (χ4v) is 21.4. The summed E-state index contributed by atoms with van der Waals surface area (Å²) in [6, 6.07) is 14.8. The molecule has 10 heteroatoms. The van der Waals surface area contributed by atoms with Crippen molar-refractivity contribution in [2.24, 2.45) is 0 Å². The second-order valence-corrected chi connectivity index (χ2v) is 27.6. The van der Waals surface area contributed by atoms with Gasteiger partial charge in [0.05, 0.1) is 28.6 Å². The predicted molar refractivity (Wildman–Crippen MR) is 299 cm³/mol. The predicted octanol–water partition coefficient (Wildman–Crippen LogP) is 23.4. The van der Waals surface area contributed by atoms with Crippen molar-refractivity contribution >= 4 is 152 Å². The summed E-state index contributed by atoms with van der Waals surface area (Å²) in [4.78, 5) is 11.9. The molecule has 0 fully saturated rings. The Hall–Kier alpha value is -0.660. The van der Waals surface area contributed by atoms with Gasteiger partial charge < -0.3 is 0 Å². The minimum Gasteiger partial charge on any atom is -0.141 e. The quantitative estimate of drug-likeness (QED) is 0.0314. The molecule has 0 N–H and O–H groups in total. The molecule has 62 heavy (non-hydrogen) atoms. The van der Waals surface area contributed by atoms with Crippen LogP contribution in [0.1, 0.15) is 168 Å². The normalized spacial score (nSPS) is 12.2. The zero-order valence-electron chi connectivity index (χ0n) is 37.1. The van der Waals surface area contributed by atoms with Gasteiger partial charge in [-0.15, -0.1) is 114 Å². The van der Waals surface area contributed by atoms with Gasteiger partial charge in [-0.1, -0.05) is 155 Å². The molecule has 8 aromatic heterocycles. The van der Waals surface area contributed by atoms with Gasteiger partial charge in [-0.25, -0.2) is 0 Å². The summed E-state index contributed by atoms with van der Waals surface area (Å²) in [5, 5.41) is 4.53. The minimum atomic E-state index is 1.22. The van der Waals surface area contributed by atoms with Crippen LogP contribution < -0.4 is 0 Å². The first-order valence-electron chi connectivity index (χ1n) is 24.0. The van der Waals surface area contributed by atoms with E-state index in [2.05, 4.69) is 107 Å². The van der Waals surface area contributed by atoms with Crippen LogP contribution in [0.4, 0.5) is 0 Å². The van der Waals surface area contributed by atoms with Crippen molar-refractivity contribution in [3.8, 4) is 29.3 Å². The van der Waals surface area contributed by atoms with Crippen LogP contribution in [0, 0.1) is 0 Å². The van der Waals surface area contributed by atoms with Gasteiger partial charge in [0, 0.05) is 48.1 Å². The van der Waals surface area contributed by atoms with E-state index in [-0.39, 0.29) is 0 Å². The number of thiophene rings is 8. The number of hydrogen-bond donors (Lipinski definition) is 0. The lowest BCUT2D eigenvalue weighted by Gasteiger charge is -2.06. The topological polar surface area (TPSA) is 0 Å². The molecule has 0 unspecified atom stereocenters. The highest BCUT2D eigenvalue weighted by Gasteiger charge is 2.23. The molecule has 0 aromatic carbocycles. The largest absolute Gasteiger partial charge is 0.141 e. The minimum absolute atomic E-state index is 1.22. The first-order valence-corrected chi connectivity index (χ1v) is 32.7. The number of rotatable bonds is 31. The Balaban J connectivity index is 0.955. The van der Waals surface area contributed by atoms with Gasteiger partial charge in [-0.05, 0) is 71.5 Å². The van der Waals surface area contributed by atoms with E-state index >= 15 is 0 Å². The van der Waals surface area contributed by atoms with Crippen molar-refractivity contribution < 1.29 is 0 Å². The summed E-state index contributed by atoms with van der Waals surface area (Å²) >= 11 is 20.2. The van der Waals surface area contributed by atoms with Crippen LogP contribution in [0.15, 0.2) is 56.9 Å². The summed E-state index contributed by atoms with van der Waals surface area (Å²) in [5.41, 5.74) is 0. The third-order valence-electron chi connectivity index (χ3n) is 12.1. The molecule has 0 atom stereocenters. The SMILES string of the molecule is CCCCCCCCCCCCCCSc1cc(-c2cc3sc4ccsc4c3s2)sc1-c1sc(-c2cc3sc4ccsc4c3s2)cc1SCCCCCCCCCCCCCC. The van der Waals surface area contributed by atoms with Crippen molar-refractivity contribution in [3.05, 3.63) is 47.2 Å². The van der Waals surface area contributed by atoms with Crippen LogP contribution in [0.3, 0.4) is 0 Å². The van der Waals surface area contributed by atoms with Gasteiger partial charge in [0.1, 0.15) is 0 Å². The molecule has 8 aromatic rings. The Morgan fingerprint density at radius 3 is 1.05 bits per heavy atom. The molecule has 0 saturated heterocycles. The number of thioether (sulfide) groups is 2. The van der Waals surface area contributed by atoms with Crippen LogP contribution in [-0.4, -0.2) is 11.5 Å². The first kappa shape index (κ1) is 47.8. The van der Waals surface area contributed by atoms with Crippen molar-refractivity contribution in [1.82, 2.24) is 0 Å². The van der Waals surface area contributed by atoms with Crippen molar-refractivity contribution in [3.63, 3.8) is 0 Å².